The van der Waals surface area contributed by atoms with E-state index in [-0.39, 0.29) is 5.91 Å². The summed E-state index contributed by atoms with van der Waals surface area (Å²) < 4.78 is 0. The number of aryl methyl sites for hydroxylation is 1. The molecule has 2 rings (SSSR count). The van der Waals surface area contributed by atoms with Crippen LogP contribution in [0.4, 0.5) is 5.82 Å². The second-order valence-electron chi connectivity index (χ2n) is 4.81. The first-order chi connectivity index (χ1) is 10.2. The first kappa shape index (κ1) is 15.0. The fourth-order valence-electron chi connectivity index (χ4n) is 2.00. The van der Waals surface area contributed by atoms with Gasteiger partial charge in [0.1, 0.15) is 11.5 Å². The molecule has 5 heteroatoms. The van der Waals surface area contributed by atoms with Crippen LogP contribution in [0.15, 0.2) is 36.7 Å². The van der Waals surface area contributed by atoms with Crippen LogP contribution in [0.5, 0.6) is 0 Å². The van der Waals surface area contributed by atoms with Crippen LogP contribution in [-0.4, -0.2) is 29.0 Å². The summed E-state index contributed by atoms with van der Waals surface area (Å²) in [5.41, 5.74) is 2.77. The van der Waals surface area contributed by atoms with E-state index in [0.29, 0.717) is 18.1 Å². The Bertz CT molecular complexity index is 595. The predicted octanol–water partition coefficient (Wildman–Crippen LogP) is 2.19. The van der Waals surface area contributed by atoms with Crippen molar-refractivity contribution < 1.29 is 4.79 Å². The number of benzene rings is 1. The molecule has 0 saturated carbocycles. The number of amides is 1. The number of aromatic nitrogens is 2. The average Bonchev–Trinajstić information content (AvgIpc) is 2.48. The topological polar surface area (TPSA) is 66.9 Å². The minimum absolute atomic E-state index is 0.196. The number of anilines is 1. The molecule has 2 aromatic rings. The van der Waals surface area contributed by atoms with E-state index in [0.717, 1.165) is 13.0 Å². The summed E-state index contributed by atoms with van der Waals surface area (Å²) in [4.78, 5) is 20.2. The second kappa shape index (κ2) is 7.38. The van der Waals surface area contributed by atoms with E-state index < -0.39 is 0 Å². The Kier molecular flexibility index (Phi) is 5.26. The number of carbonyl (C=O) groups is 1. The SMILES string of the molecule is CCNc1cnc(C(=O)NCCc2cccc(C)c2)cn1. The molecule has 0 aliphatic heterocycles. The third-order valence-electron chi connectivity index (χ3n) is 3.02. The van der Waals surface area contributed by atoms with Crippen molar-refractivity contribution in [3.8, 4) is 0 Å². The van der Waals surface area contributed by atoms with Gasteiger partial charge in [-0.05, 0) is 25.8 Å². The van der Waals surface area contributed by atoms with Crippen molar-refractivity contribution in [2.24, 2.45) is 0 Å². The highest BCUT2D eigenvalue weighted by Crippen LogP contribution is 2.04. The van der Waals surface area contributed by atoms with Gasteiger partial charge in [0, 0.05) is 13.1 Å². The van der Waals surface area contributed by atoms with Gasteiger partial charge in [0.25, 0.3) is 5.91 Å². The molecule has 0 fully saturated rings. The maximum Gasteiger partial charge on any atom is 0.271 e. The van der Waals surface area contributed by atoms with Gasteiger partial charge in [-0.2, -0.15) is 0 Å². The summed E-state index contributed by atoms with van der Waals surface area (Å²) in [6.07, 6.45) is 3.86. The highest BCUT2D eigenvalue weighted by atomic mass is 16.1. The standard InChI is InChI=1S/C16H20N4O/c1-3-17-15-11-19-14(10-20-15)16(21)18-8-7-13-6-4-5-12(2)9-13/h4-6,9-11H,3,7-8H2,1-2H3,(H,17,20)(H,18,21). The quantitative estimate of drug-likeness (QED) is 0.853. The molecule has 1 aromatic heterocycles. The van der Waals surface area contributed by atoms with Crippen LogP contribution in [0.2, 0.25) is 0 Å². The van der Waals surface area contributed by atoms with E-state index in [9.17, 15) is 4.79 Å². The van der Waals surface area contributed by atoms with Crippen LogP contribution in [0.3, 0.4) is 0 Å². The molecule has 21 heavy (non-hydrogen) atoms. The van der Waals surface area contributed by atoms with Crippen LogP contribution in [0, 0.1) is 6.92 Å². The van der Waals surface area contributed by atoms with E-state index in [4.69, 9.17) is 0 Å². The fraction of sp³-hybridized carbons (Fsp3) is 0.312. The Hall–Kier alpha value is -2.43. The number of hydrogen-bond acceptors (Lipinski definition) is 4. The minimum Gasteiger partial charge on any atom is -0.369 e. The Morgan fingerprint density at radius 1 is 1.24 bits per heavy atom. The summed E-state index contributed by atoms with van der Waals surface area (Å²) in [5.74, 6) is 0.479. The molecule has 5 nitrogen and oxygen atoms in total. The molecule has 0 saturated heterocycles. The minimum atomic E-state index is -0.196. The van der Waals surface area contributed by atoms with Crippen LogP contribution >= 0.6 is 0 Å². The molecule has 0 aliphatic rings. The van der Waals surface area contributed by atoms with Crippen LogP contribution in [-0.2, 0) is 6.42 Å². The zero-order chi connectivity index (χ0) is 15.1. The molecular formula is C16H20N4O. The lowest BCUT2D eigenvalue weighted by molar-refractivity contribution is 0.0949. The molecule has 1 amide bonds. The predicted molar refractivity (Wildman–Crippen MR) is 83.4 cm³/mol. The third-order valence-corrected chi connectivity index (χ3v) is 3.02. The highest BCUT2D eigenvalue weighted by Gasteiger charge is 2.07. The molecule has 0 spiro atoms. The van der Waals surface area contributed by atoms with E-state index in [2.05, 4.69) is 45.7 Å². The van der Waals surface area contributed by atoms with Gasteiger partial charge in [-0.1, -0.05) is 29.8 Å². The number of hydrogen-bond donors (Lipinski definition) is 2. The van der Waals surface area contributed by atoms with Crippen molar-refractivity contribution in [2.45, 2.75) is 20.3 Å². The van der Waals surface area contributed by atoms with E-state index in [1.165, 1.54) is 17.3 Å². The average molecular weight is 284 g/mol. The monoisotopic (exact) mass is 284 g/mol. The smallest absolute Gasteiger partial charge is 0.271 e. The molecule has 1 heterocycles. The molecule has 110 valence electrons. The number of rotatable bonds is 6. The lowest BCUT2D eigenvalue weighted by Gasteiger charge is -2.06. The van der Waals surface area contributed by atoms with Crippen molar-refractivity contribution in [3.63, 3.8) is 0 Å². The van der Waals surface area contributed by atoms with Crippen LogP contribution in [0.1, 0.15) is 28.5 Å². The Morgan fingerprint density at radius 3 is 2.76 bits per heavy atom. The van der Waals surface area contributed by atoms with Crippen molar-refractivity contribution in [2.75, 3.05) is 18.4 Å². The summed E-state index contributed by atoms with van der Waals surface area (Å²) in [6.45, 7) is 5.40. The van der Waals surface area contributed by atoms with E-state index in [1.54, 1.807) is 6.20 Å². The first-order valence-electron chi connectivity index (χ1n) is 7.08. The van der Waals surface area contributed by atoms with E-state index >= 15 is 0 Å². The van der Waals surface area contributed by atoms with Gasteiger partial charge in [-0.3, -0.25) is 4.79 Å². The third kappa shape index (κ3) is 4.56. The lowest BCUT2D eigenvalue weighted by atomic mass is 10.1. The molecule has 0 radical (unpaired) electrons. The second-order valence-corrected chi connectivity index (χ2v) is 4.81. The maximum atomic E-state index is 11.9. The Morgan fingerprint density at radius 2 is 2.10 bits per heavy atom. The number of nitrogens with one attached hydrogen (secondary N) is 2. The van der Waals surface area contributed by atoms with Gasteiger partial charge < -0.3 is 10.6 Å². The van der Waals surface area contributed by atoms with Gasteiger partial charge in [-0.25, -0.2) is 9.97 Å². The fourth-order valence-corrected chi connectivity index (χ4v) is 2.00. The van der Waals surface area contributed by atoms with E-state index in [1.807, 2.05) is 13.0 Å². The maximum absolute atomic E-state index is 11.9. The summed E-state index contributed by atoms with van der Waals surface area (Å²) in [6, 6.07) is 8.27. The molecule has 1 aromatic carbocycles. The lowest BCUT2D eigenvalue weighted by Crippen LogP contribution is -2.26. The molecular weight excluding hydrogens is 264 g/mol. The van der Waals surface area contributed by atoms with Crippen molar-refractivity contribution in [3.05, 3.63) is 53.5 Å². The highest BCUT2D eigenvalue weighted by molar-refractivity contribution is 5.91. The van der Waals surface area contributed by atoms with Crippen LogP contribution < -0.4 is 10.6 Å². The van der Waals surface area contributed by atoms with Crippen molar-refractivity contribution in [1.29, 1.82) is 0 Å². The van der Waals surface area contributed by atoms with Gasteiger partial charge in [0.05, 0.1) is 12.4 Å². The van der Waals surface area contributed by atoms with Gasteiger partial charge in [0.15, 0.2) is 0 Å². The zero-order valence-electron chi connectivity index (χ0n) is 12.4. The molecule has 0 unspecified atom stereocenters. The van der Waals surface area contributed by atoms with Gasteiger partial charge >= 0.3 is 0 Å². The molecule has 2 N–H and O–H groups in total. The number of nitrogens with zero attached hydrogens (tertiary/aromatic N) is 2. The van der Waals surface area contributed by atoms with Crippen molar-refractivity contribution >= 4 is 11.7 Å². The molecule has 0 aliphatic carbocycles. The van der Waals surface area contributed by atoms with Gasteiger partial charge in [-0.15, -0.1) is 0 Å². The number of carbonyl (C=O) groups excluding carboxylic acids is 1. The largest absolute Gasteiger partial charge is 0.369 e. The molecule has 0 bridgehead atoms. The normalized spacial score (nSPS) is 10.2. The van der Waals surface area contributed by atoms with Gasteiger partial charge in [0.2, 0.25) is 0 Å². The Balaban J connectivity index is 1.84. The zero-order valence-corrected chi connectivity index (χ0v) is 12.4. The van der Waals surface area contributed by atoms with Crippen LogP contribution in [0.25, 0.3) is 0 Å². The first-order valence-corrected chi connectivity index (χ1v) is 7.08. The summed E-state index contributed by atoms with van der Waals surface area (Å²) in [7, 11) is 0. The Labute approximate surface area is 124 Å². The summed E-state index contributed by atoms with van der Waals surface area (Å²) >= 11 is 0. The van der Waals surface area contributed by atoms with Crippen molar-refractivity contribution in [1.82, 2.24) is 15.3 Å². The molecule has 0 atom stereocenters. The summed E-state index contributed by atoms with van der Waals surface area (Å²) in [5, 5.41) is 5.89.